The summed E-state index contributed by atoms with van der Waals surface area (Å²) in [7, 11) is -3.87. The molecule has 27 heavy (non-hydrogen) atoms. The van der Waals surface area contributed by atoms with Gasteiger partial charge in [0.05, 0.1) is 4.90 Å². The highest BCUT2D eigenvalue weighted by molar-refractivity contribution is 7.89. The molecule has 2 rings (SSSR count). The summed E-state index contributed by atoms with van der Waals surface area (Å²) in [4.78, 5) is 24.3. The van der Waals surface area contributed by atoms with Crippen LogP contribution in [0.3, 0.4) is 0 Å². The number of anilines is 1. The number of amides is 2. The van der Waals surface area contributed by atoms with Crippen LogP contribution in [0.5, 0.6) is 0 Å². The number of rotatable bonds is 6. The molecule has 0 atom stereocenters. The number of carbonyl (C=O) groups is 2. The summed E-state index contributed by atoms with van der Waals surface area (Å²) in [6.07, 6.45) is 0.0513. The Bertz CT molecular complexity index is 984. The van der Waals surface area contributed by atoms with E-state index in [2.05, 4.69) is 10.6 Å². The van der Waals surface area contributed by atoms with Gasteiger partial charge in [0.15, 0.2) is 0 Å². The molecule has 0 heterocycles. The van der Waals surface area contributed by atoms with E-state index in [-0.39, 0.29) is 29.7 Å². The van der Waals surface area contributed by atoms with Crippen molar-refractivity contribution in [2.75, 3.05) is 11.9 Å². The Kier molecular flexibility index (Phi) is 6.35. The molecule has 0 aromatic heterocycles. The van der Waals surface area contributed by atoms with E-state index in [1.807, 2.05) is 19.1 Å². The predicted octanol–water partition coefficient (Wildman–Crippen LogP) is 2.02. The Labute approximate surface area is 159 Å². The molecule has 0 fully saturated rings. The smallest absolute Gasteiger partial charge is 0.251 e. The summed E-state index contributed by atoms with van der Waals surface area (Å²) in [5, 5.41) is 10.5. The standard InChI is InChI=1S/C19H23N3O4S/c1-12-6-4-5-7-16(12)19(24)21-9-8-18(23)22-17-11-15(27(20,25)26)10-13(2)14(17)3/h4-7,10-11H,8-9H2,1-3H3,(H,21,24)(H,22,23)(H2,20,25,26). The van der Waals surface area contributed by atoms with E-state index >= 15 is 0 Å². The van der Waals surface area contributed by atoms with E-state index < -0.39 is 10.0 Å². The van der Waals surface area contributed by atoms with Crippen molar-refractivity contribution in [1.29, 1.82) is 0 Å². The van der Waals surface area contributed by atoms with Crippen LogP contribution in [0.25, 0.3) is 0 Å². The van der Waals surface area contributed by atoms with E-state index in [1.165, 1.54) is 12.1 Å². The molecule has 0 saturated carbocycles. The van der Waals surface area contributed by atoms with E-state index in [1.54, 1.807) is 26.0 Å². The maximum atomic E-state index is 12.2. The first-order valence-electron chi connectivity index (χ1n) is 8.37. The van der Waals surface area contributed by atoms with Crippen molar-refractivity contribution < 1.29 is 18.0 Å². The number of benzene rings is 2. The fourth-order valence-corrected chi connectivity index (χ4v) is 3.17. The van der Waals surface area contributed by atoms with Gasteiger partial charge in [-0.05, 0) is 55.7 Å². The number of hydrogen-bond acceptors (Lipinski definition) is 4. The lowest BCUT2D eigenvalue weighted by Crippen LogP contribution is -2.28. The molecule has 0 bridgehead atoms. The Morgan fingerprint density at radius 3 is 2.33 bits per heavy atom. The van der Waals surface area contributed by atoms with E-state index in [0.717, 1.165) is 11.1 Å². The normalized spacial score (nSPS) is 11.1. The Hall–Kier alpha value is -2.71. The van der Waals surface area contributed by atoms with Crippen LogP contribution in [0, 0.1) is 20.8 Å². The lowest BCUT2D eigenvalue weighted by atomic mass is 10.1. The van der Waals surface area contributed by atoms with Gasteiger partial charge in [-0.2, -0.15) is 0 Å². The monoisotopic (exact) mass is 389 g/mol. The van der Waals surface area contributed by atoms with Gasteiger partial charge in [-0.15, -0.1) is 0 Å². The van der Waals surface area contributed by atoms with Crippen molar-refractivity contribution in [2.45, 2.75) is 32.1 Å². The fourth-order valence-electron chi connectivity index (χ4n) is 2.55. The van der Waals surface area contributed by atoms with Gasteiger partial charge in [-0.3, -0.25) is 9.59 Å². The molecule has 4 N–H and O–H groups in total. The lowest BCUT2D eigenvalue weighted by Gasteiger charge is -2.13. The van der Waals surface area contributed by atoms with Crippen LogP contribution in [-0.4, -0.2) is 26.8 Å². The average molecular weight is 389 g/mol. The molecule has 2 amide bonds. The highest BCUT2D eigenvalue weighted by atomic mass is 32.2. The van der Waals surface area contributed by atoms with Gasteiger partial charge in [-0.1, -0.05) is 18.2 Å². The Morgan fingerprint density at radius 1 is 1.04 bits per heavy atom. The zero-order valence-electron chi connectivity index (χ0n) is 15.5. The van der Waals surface area contributed by atoms with Gasteiger partial charge in [-0.25, -0.2) is 13.6 Å². The SMILES string of the molecule is Cc1ccccc1C(=O)NCCC(=O)Nc1cc(S(N)(=O)=O)cc(C)c1C. The maximum Gasteiger partial charge on any atom is 0.251 e. The molecule has 0 radical (unpaired) electrons. The lowest BCUT2D eigenvalue weighted by molar-refractivity contribution is -0.116. The van der Waals surface area contributed by atoms with Gasteiger partial charge in [0.1, 0.15) is 0 Å². The molecule has 2 aromatic rings. The van der Waals surface area contributed by atoms with Gasteiger partial charge in [0.2, 0.25) is 15.9 Å². The largest absolute Gasteiger partial charge is 0.352 e. The second-order valence-electron chi connectivity index (χ2n) is 6.33. The van der Waals surface area contributed by atoms with E-state index in [9.17, 15) is 18.0 Å². The highest BCUT2D eigenvalue weighted by Gasteiger charge is 2.14. The summed E-state index contributed by atoms with van der Waals surface area (Å²) in [6.45, 7) is 5.51. The number of nitrogens with one attached hydrogen (secondary N) is 2. The average Bonchev–Trinajstić information content (AvgIpc) is 2.58. The molecule has 0 aliphatic carbocycles. The first kappa shape index (κ1) is 20.6. The van der Waals surface area contributed by atoms with Crippen LogP contribution in [0.4, 0.5) is 5.69 Å². The van der Waals surface area contributed by atoms with Crippen LogP contribution in [0.2, 0.25) is 0 Å². The van der Waals surface area contributed by atoms with Crippen molar-refractivity contribution in [2.24, 2.45) is 5.14 Å². The maximum absolute atomic E-state index is 12.2. The summed E-state index contributed by atoms with van der Waals surface area (Å²) >= 11 is 0. The Balaban J connectivity index is 1.99. The molecule has 0 aliphatic rings. The summed E-state index contributed by atoms with van der Waals surface area (Å²) < 4.78 is 23.1. The van der Waals surface area contributed by atoms with Crippen molar-refractivity contribution in [3.8, 4) is 0 Å². The summed E-state index contributed by atoms with van der Waals surface area (Å²) in [5.41, 5.74) is 3.24. The molecule has 144 valence electrons. The van der Waals surface area contributed by atoms with Crippen molar-refractivity contribution >= 4 is 27.5 Å². The molecule has 0 saturated heterocycles. The molecule has 0 aliphatic heterocycles. The van der Waals surface area contributed by atoms with E-state index in [0.29, 0.717) is 16.8 Å². The fraction of sp³-hybridized carbons (Fsp3) is 0.263. The highest BCUT2D eigenvalue weighted by Crippen LogP contribution is 2.23. The number of aryl methyl sites for hydroxylation is 2. The number of hydrogen-bond donors (Lipinski definition) is 3. The number of primary sulfonamides is 1. The van der Waals surface area contributed by atoms with Crippen LogP contribution >= 0.6 is 0 Å². The second kappa shape index (κ2) is 8.32. The van der Waals surface area contributed by atoms with Crippen molar-refractivity contribution in [3.63, 3.8) is 0 Å². The van der Waals surface area contributed by atoms with Crippen molar-refractivity contribution in [3.05, 3.63) is 58.7 Å². The van der Waals surface area contributed by atoms with Gasteiger partial charge >= 0.3 is 0 Å². The molecular weight excluding hydrogens is 366 g/mol. The first-order chi connectivity index (χ1) is 12.6. The quantitative estimate of drug-likeness (QED) is 0.700. The zero-order valence-corrected chi connectivity index (χ0v) is 16.3. The molecule has 8 heteroatoms. The topological polar surface area (TPSA) is 118 Å². The third-order valence-electron chi connectivity index (χ3n) is 4.27. The molecule has 0 spiro atoms. The summed E-state index contributed by atoms with van der Waals surface area (Å²) in [6, 6.07) is 9.98. The second-order valence-corrected chi connectivity index (χ2v) is 7.89. The van der Waals surface area contributed by atoms with E-state index in [4.69, 9.17) is 5.14 Å². The number of carbonyl (C=O) groups excluding carboxylic acids is 2. The minimum atomic E-state index is -3.87. The predicted molar refractivity (Wildman–Crippen MR) is 104 cm³/mol. The molecule has 2 aromatic carbocycles. The van der Waals surface area contributed by atoms with Crippen LogP contribution in [0.1, 0.15) is 33.5 Å². The molecule has 7 nitrogen and oxygen atoms in total. The van der Waals surface area contributed by atoms with Gasteiger partial charge in [0.25, 0.3) is 5.91 Å². The molecular formula is C19H23N3O4S. The first-order valence-corrected chi connectivity index (χ1v) is 9.92. The van der Waals surface area contributed by atoms with Crippen LogP contribution in [0.15, 0.2) is 41.3 Å². The van der Waals surface area contributed by atoms with Crippen LogP contribution < -0.4 is 15.8 Å². The summed E-state index contributed by atoms with van der Waals surface area (Å²) in [5.74, 6) is -0.585. The zero-order chi connectivity index (χ0) is 20.2. The van der Waals surface area contributed by atoms with Crippen LogP contribution in [-0.2, 0) is 14.8 Å². The van der Waals surface area contributed by atoms with Gasteiger partial charge in [0, 0.05) is 24.2 Å². The Morgan fingerprint density at radius 2 is 1.70 bits per heavy atom. The minimum Gasteiger partial charge on any atom is -0.352 e. The number of nitrogens with two attached hydrogens (primary N) is 1. The number of sulfonamides is 1. The van der Waals surface area contributed by atoms with Gasteiger partial charge < -0.3 is 10.6 Å². The minimum absolute atomic E-state index is 0.0513. The van der Waals surface area contributed by atoms with Crippen molar-refractivity contribution in [1.82, 2.24) is 5.32 Å². The molecule has 0 unspecified atom stereocenters. The third kappa shape index (κ3) is 5.38. The third-order valence-corrected chi connectivity index (χ3v) is 5.16.